The Morgan fingerprint density at radius 1 is 1.29 bits per heavy atom. The van der Waals surface area contributed by atoms with Crippen LogP contribution in [0.5, 0.6) is 0 Å². The highest BCUT2D eigenvalue weighted by atomic mass is 16.5. The zero-order chi connectivity index (χ0) is 15.0. The molecule has 3 rings (SSSR count). The minimum Gasteiger partial charge on any atom is -0.461 e. The van der Waals surface area contributed by atoms with Gasteiger partial charge in [-0.15, -0.1) is 10.2 Å². The van der Waals surface area contributed by atoms with Crippen molar-refractivity contribution in [3.8, 4) is 5.82 Å². The molecule has 0 fully saturated rings. The molecule has 0 radical (unpaired) electrons. The summed E-state index contributed by atoms with van der Waals surface area (Å²) in [6.07, 6.45) is 0. The summed E-state index contributed by atoms with van der Waals surface area (Å²) in [5, 5.41) is 16.0. The van der Waals surface area contributed by atoms with Gasteiger partial charge in [0.25, 0.3) is 0 Å². The van der Waals surface area contributed by atoms with Gasteiger partial charge in [0.05, 0.1) is 12.1 Å². The molecule has 3 aromatic rings. The molecule has 8 heteroatoms. The Bertz CT molecular complexity index is 819. The van der Waals surface area contributed by atoms with E-state index in [1.165, 1.54) is 9.36 Å². The number of benzene rings is 1. The first-order chi connectivity index (χ1) is 10.1. The van der Waals surface area contributed by atoms with Gasteiger partial charge in [0, 0.05) is 7.05 Å². The summed E-state index contributed by atoms with van der Waals surface area (Å²) in [6.45, 7) is 4.00. The molecular formula is C13H14N6O2. The van der Waals surface area contributed by atoms with Crippen LogP contribution in [0.15, 0.2) is 18.2 Å². The fraction of sp³-hybridized carbons (Fsp3) is 0.308. The van der Waals surface area contributed by atoms with Gasteiger partial charge in [-0.25, -0.2) is 9.48 Å². The van der Waals surface area contributed by atoms with Gasteiger partial charge < -0.3 is 4.74 Å². The van der Waals surface area contributed by atoms with E-state index in [4.69, 9.17) is 4.74 Å². The number of nitrogens with zero attached hydrogens (tertiary/aromatic N) is 6. The largest absolute Gasteiger partial charge is 0.461 e. The van der Waals surface area contributed by atoms with E-state index >= 15 is 0 Å². The molecule has 0 amide bonds. The molecule has 0 aliphatic carbocycles. The van der Waals surface area contributed by atoms with E-state index in [9.17, 15) is 4.79 Å². The van der Waals surface area contributed by atoms with E-state index in [1.807, 2.05) is 25.1 Å². The standard InChI is InChI=1S/C13H14N6O2/c1-4-21-13(20)11-12(15-16-18(11)3)19-10-6-5-8(2)7-9(10)14-17-19/h5-7H,4H2,1-3H3. The number of hydrogen-bond acceptors (Lipinski definition) is 6. The average molecular weight is 286 g/mol. The summed E-state index contributed by atoms with van der Waals surface area (Å²) in [5.41, 5.74) is 2.81. The second-order valence-electron chi connectivity index (χ2n) is 4.60. The van der Waals surface area contributed by atoms with Crippen LogP contribution in [0.4, 0.5) is 0 Å². The number of ether oxygens (including phenoxy) is 1. The molecule has 8 nitrogen and oxygen atoms in total. The molecule has 0 aliphatic heterocycles. The van der Waals surface area contributed by atoms with Crippen LogP contribution in [0.3, 0.4) is 0 Å². The van der Waals surface area contributed by atoms with Crippen LogP contribution in [0.25, 0.3) is 16.9 Å². The number of carbonyl (C=O) groups is 1. The lowest BCUT2D eigenvalue weighted by Gasteiger charge is -2.04. The van der Waals surface area contributed by atoms with Crippen LogP contribution in [0, 0.1) is 6.92 Å². The zero-order valence-corrected chi connectivity index (χ0v) is 11.9. The molecule has 2 heterocycles. The number of hydrogen-bond donors (Lipinski definition) is 0. The van der Waals surface area contributed by atoms with Crippen molar-refractivity contribution in [2.45, 2.75) is 13.8 Å². The second-order valence-corrected chi connectivity index (χ2v) is 4.60. The molecule has 0 aliphatic rings. The topological polar surface area (TPSA) is 87.7 Å². The highest BCUT2D eigenvalue weighted by molar-refractivity contribution is 5.91. The van der Waals surface area contributed by atoms with Crippen molar-refractivity contribution in [1.82, 2.24) is 30.0 Å². The molecule has 0 saturated carbocycles. The van der Waals surface area contributed by atoms with Crippen molar-refractivity contribution >= 4 is 17.0 Å². The molecule has 0 unspecified atom stereocenters. The quantitative estimate of drug-likeness (QED) is 0.668. The maximum atomic E-state index is 12.0. The van der Waals surface area contributed by atoms with E-state index < -0.39 is 5.97 Å². The normalized spacial score (nSPS) is 11.0. The molecule has 1 aromatic carbocycles. The first kappa shape index (κ1) is 13.2. The maximum absolute atomic E-state index is 12.0. The summed E-state index contributed by atoms with van der Waals surface area (Å²) in [6, 6.07) is 5.75. The van der Waals surface area contributed by atoms with E-state index in [-0.39, 0.29) is 12.3 Å². The van der Waals surface area contributed by atoms with Crippen molar-refractivity contribution in [3.63, 3.8) is 0 Å². The van der Waals surface area contributed by atoms with Crippen LogP contribution in [-0.2, 0) is 11.8 Å². The van der Waals surface area contributed by atoms with Crippen molar-refractivity contribution in [2.24, 2.45) is 7.05 Å². The number of carbonyl (C=O) groups excluding carboxylic acids is 1. The van der Waals surface area contributed by atoms with Crippen LogP contribution in [0.1, 0.15) is 23.0 Å². The Labute approximate surface area is 120 Å². The Balaban J connectivity index is 2.17. The number of aryl methyl sites for hydroxylation is 2. The Morgan fingerprint density at radius 2 is 2.10 bits per heavy atom. The number of esters is 1. The molecule has 0 bridgehead atoms. The summed E-state index contributed by atoms with van der Waals surface area (Å²) in [4.78, 5) is 12.0. The third-order valence-electron chi connectivity index (χ3n) is 3.08. The van der Waals surface area contributed by atoms with Gasteiger partial charge in [0.1, 0.15) is 5.52 Å². The predicted octanol–water partition coefficient (Wildman–Crippen LogP) is 1.03. The molecule has 0 spiro atoms. The number of rotatable bonds is 3. The van der Waals surface area contributed by atoms with Crippen LogP contribution >= 0.6 is 0 Å². The van der Waals surface area contributed by atoms with Crippen molar-refractivity contribution in [1.29, 1.82) is 0 Å². The summed E-state index contributed by atoms with van der Waals surface area (Å²) >= 11 is 0. The molecule has 0 N–H and O–H groups in total. The lowest BCUT2D eigenvalue weighted by atomic mass is 10.2. The second kappa shape index (κ2) is 4.97. The van der Waals surface area contributed by atoms with E-state index in [0.717, 1.165) is 16.6 Å². The molecule has 2 aromatic heterocycles. The van der Waals surface area contributed by atoms with Gasteiger partial charge in [-0.05, 0) is 31.5 Å². The van der Waals surface area contributed by atoms with Gasteiger partial charge in [-0.3, -0.25) is 0 Å². The number of fused-ring (bicyclic) bond motifs is 1. The fourth-order valence-electron chi connectivity index (χ4n) is 2.10. The van der Waals surface area contributed by atoms with Gasteiger partial charge in [0.2, 0.25) is 5.82 Å². The predicted molar refractivity (Wildman–Crippen MR) is 74.1 cm³/mol. The van der Waals surface area contributed by atoms with Crippen molar-refractivity contribution in [3.05, 3.63) is 29.5 Å². The van der Waals surface area contributed by atoms with Crippen LogP contribution in [0.2, 0.25) is 0 Å². The van der Waals surface area contributed by atoms with Gasteiger partial charge in [-0.1, -0.05) is 16.5 Å². The minimum absolute atomic E-state index is 0.240. The highest BCUT2D eigenvalue weighted by Crippen LogP contribution is 2.19. The fourth-order valence-corrected chi connectivity index (χ4v) is 2.10. The molecule has 0 saturated heterocycles. The SMILES string of the molecule is CCOC(=O)c1c(-n2nnc3cc(C)ccc32)nnn1C. The maximum Gasteiger partial charge on any atom is 0.360 e. The van der Waals surface area contributed by atoms with Gasteiger partial charge in [-0.2, -0.15) is 4.68 Å². The van der Waals surface area contributed by atoms with E-state index in [2.05, 4.69) is 20.6 Å². The smallest absolute Gasteiger partial charge is 0.360 e. The molecule has 21 heavy (non-hydrogen) atoms. The third-order valence-corrected chi connectivity index (χ3v) is 3.08. The van der Waals surface area contributed by atoms with Gasteiger partial charge in [0.15, 0.2) is 5.69 Å². The summed E-state index contributed by atoms with van der Waals surface area (Å²) < 4.78 is 7.90. The summed E-state index contributed by atoms with van der Waals surface area (Å²) in [7, 11) is 1.63. The highest BCUT2D eigenvalue weighted by Gasteiger charge is 2.23. The molecule has 108 valence electrons. The Hall–Kier alpha value is -2.77. The molecular weight excluding hydrogens is 272 g/mol. The third kappa shape index (κ3) is 2.14. The first-order valence-electron chi connectivity index (χ1n) is 6.51. The van der Waals surface area contributed by atoms with E-state index in [1.54, 1.807) is 14.0 Å². The minimum atomic E-state index is -0.490. The summed E-state index contributed by atoms with van der Waals surface area (Å²) in [5.74, 6) is -0.182. The first-order valence-corrected chi connectivity index (χ1v) is 6.51. The van der Waals surface area contributed by atoms with Crippen LogP contribution < -0.4 is 0 Å². The average Bonchev–Trinajstić information content (AvgIpc) is 3.01. The monoisotopic (exact) mass is 286 g/mol. The van der Waals surface area contributed by atoms with E-state index in [0.29, 0.717) is 5.82 Å². The van der Waals surface area contributed by atoms with Crippen LogP contribution in [-0.4, -0.2) is 42.6 Å². The van der Waals surface area contributed by atoms with Crippen molar-refractivity contribution in [2.75, 3.05) is 6.61 Å². The lowest BCUT2D eigenvalue weighted by Crippen LogP contribution is -2.14. The zero-order valence-electron chi connectivity index (χ0n) is 11.9. The van der Waals surface area contributed by atoms with Crippen molar-refractivity contribution < 1.29 is 9.53 Å². The number of aromatic nitrogens is 6. The van der Waals surface area contributed by atoms with Gasteiger partial charge >= 0.3 is 5.97 Å². The molecule has 0 atom stereocenters. The Kier molecular flexibility index (Phi) is 3.13. The lowest BCUT2D eigenvalue weighted by molar-refractivity contribution is 0.0513. The Morgan fingerprint density at radius 3 is 2.86 bits per heavy atom.